The van der Waals surface area contributed by atoms with Crippen LogP contribution in [0.3, 0.4) is 0 Å². The molecule has 5 heteroatoms. The van der Waals surface area contributed by atoms with Gasteiger partial charge in [0.15, 0.2) is 9.84 Å². The van der Waals surface area contributed by atoms with E-state index in [0.717, 1.165) is 0 Å². The van der Waals surface area contributed by atoms with Crippen molar-refractivity contribution in [1.82, 2.24) is 0 Å². The van der Waals surface area contributed by atoms with E-state index in [2.05, 4.69) is 0 Å². The summed E-state index contributed by atoms with van der Waals surface area (Å²) in [6.07, 6.45) is 1.21. The molecule has 0 saturated heterocycles. The van der Waals surface area contributed by atoms with Crippen molar-refractivity contribution in [3.63, 3.8) is 0 Å². The van der Waals surface area contributed by atoms with Crippen molar-refractivity contribution >= 4 is 15.5 Å². The van der Waals surface area contributed by atoms with E-state index in [4.69, 9.17) is 5.73 Å². The van der Waals surface area contributed by atoms with Crippen LogP contribution >= 0.6 is 0 Å². The zero-order valence-corrected chi connectivity index (χ0v) is 9.79. The number of rotatable bonds is 4. The number of likely N-dealkylation sites (N-methyl/N-ethyl adjacent to an activating group) is 1. The fourth-order valence-electron chi connectivity index (χ4n) is 1.40. The minimum Gasteiger partial charge on any atom is -0.372 e. The molecule has 0 amide bonds. The number of hydrogen-bond acceptors (Lipinski definition) is 4. The molecule has 0 atom stereocenters. The van der Waals surface area contributed by atoms with Crippen molar-refractivity contribution in [2.75, 3.05) is 31.3 Å². The van der Waals surface area contributed by atoms with E-state index in [1.165, 1.54) is 6.26 Å². The molecular formula is C10H16N2O2S. The van der Waals surface area contributed by atoms with Gasteiger partial charge in [-0.3, -0.25) is 0 Å². The minimum absolute atomic E-state index is 0.348. The van der Waals surface area contributed by atoms with Crippen LogP contribution in [0.2, 0.25) is 0 Å². The third-order valence-corrected chi connectivity index (χ3v) is 3.28. The molecule has 0 saturated carbocycles. The van der Waals surface area contributed by atoms with Crippen LogP contribution < -0.4 is 10.6 Å². The monoisotopic (exact) mass is 228 g/mol. The van der Waals surface area contributed by atoms with Gasteiger partial charge in [0.2, 0.25) is 0 Å². The Hall–Kier alpha value is -1.07. The predicted molar refractivity (Wildman–Crippen MR) is 61.9 cm³/mol. The van der Waals surface area contributed by atoms with Gasteiger partial charge in [-0.2, -0.15) is 0 Å². The Morgan fingerprint density at radius 1 is 1.33 bits per heavy atom. The van der Waals surface area contributed by atoms with Gasteiger partial charge in [-0.1, -0.05) is 12.1 Å². The van der Waals surface area contributed by atoms with Crippen molar-refractivity contribution in [2.24, 2.45) is 5.73 Å². The van der Waals surface area contributed by atoms with Gasteiger partial charge in [0.1, 0.15) is 0 Å². The van der Waals surface area contributed by atoms with Gasteiger partial charge < -0.3 is 10.6 Å². The highest BCUT2D eigenvalue weighted by atomic mass is 32.2. The normalized spacial score (nSPS) is 11.4. The van der Waals surface area contributed by atoms with Crippen molar-refractivity contribution in [3.05, 3.63) is 24.3 Å². The molecule has 0 aliphatic carbocycles. The molecule has 1 rings (SSSR count). The minimum atomic E-state index is -3.18. The molecule has 0 spiro atoms. The van der Waals surface area contributed by atoms with E-state index >= 15 is 0 Å². The lowest BCUT2D eigenvalue weighted by molar-refractivity contribution is 0.601. The van der Waals surface area contributed by atoms with Crippen LogP contribution in [0.15, 0.2) is 29.2 Å². The Balaban J connectivity index is 3.18. The molecule has 84 valence electrons. The van der Waals surface area contributed by atoms with E-state index < -0.39 is 9.84 Å². The first-order valence-corrected chi connectivity index (χ1v) is 6.56. The molecule has 0 aliphatic rings. The summed E-state index contributed by atoms with van der Waals surface area (Å²) in [5.41, 5.74) is 6.13. The highest BCUT2D eigenvalue weighted by molar-refractivity contribution is 7.90. The number of nitrogens with zero attached hydrogens (tertiary/aromatic N) is 1. The second-order valence-electron chi connectivity index (χ2n) is 3.45. The van der Waals surface area contributed by atoms with E-state index in [1.807, 2.05) is 18.0 Å². The molecular weight excluding hydrogens is 212 g/mol. The lowest BCUT2D eigenvalue weighted by Crippen LogP contribution is -2.26. The Kier molecular flexibility index (Phi) is 3.71. The average Bonchev–Trinajstić information content (AvgIpc) is 2.17. The standard InChI is InChI=1S/C10H16N2O2S/c1-12(8-7-11)9-5-3-4-6-10(9)15(2,13)14/h3-6H,7-8,11H2,1-2H3. The largest absolute Gasteiger partial charge is 0.372 e. The summed E-state index contributed by atoms with van der Waals surface area (Å²) in [4.78, 5) is 2.19. The van der Waals surface area contributed by atoms with Crippen LogP contribution in [0.4, 0.5) is 5.69 Å². The maximum absolute atomic E-state index is 11.5. The molecule has 2 N–H and O–H groups in total. The second-order valence-corrected chi connectivity index (χ2v) is 5.43. The number of nitrogens with two attached hydrogens (primary N) is 1. The molecule has 1 aromatic carbocycles. The van der Waals surface area contributed by atoms with E-state index in [1.54, 1.807) is 18.2 Å². The SMILES string of the molecule is CN(CCN)c1ccccc1S(C)(=O)=O. The lowest BCUT2D eigenvalue weighted by Gasteiger charge is -2.20. The van der Waals surface area contributed by atoms with Gasteiger partial charge in [-0.05, 0) is 12.1 Å². The molecule has 0 heterocycles. The van der Waals surface area contributed by atoms with Crippen LogP contribution in [0.1, 0.15) is 0 Å². The highest BCUT2D eigenvalue weighted by Gasteiger charge is 2.14. The van der Waals surface area contributed by atoms with Gasteiger partial charge in [-0.15, -0.1) is 0 Å². The number of benzene rings is 1. The van der Waals surface area contributed by atoms with Crippen LogP contribution in [0.5, 0.6) is 0 Å². The first kappa shape index (κ1) is 12.0. The fraction of sp³-hybridized carbons (Fsp3) is 0.400. The molecule has 15 heavy (non-hydrogen) atoms. The lowest BCUT2D eigenvalue weighted by atomic mass is 10.3. The third kappa shape index (κ3) is 2.94. The zero-order valence-electron chi connectivity index (χ0n) is 8.97. The van der Waals surface area contributed by atoms with Crippen molar-refractivity contribution < 1.29 is 8.42 Å². The maximum Gasteiger partial charge on any atom is 0.177 e. The number of anilines is 1. The number of sulfone groups is 1. The van der Waals surface area contributed by atoms with Crippen LogP contribution in [0.25, 0.3) is 0 Å². The zero-order chi connectivity index (χ0) is 11.5. The summed E-state index contributed by atoms with van der Waals surface area (Å²) in [6, 6.07) is 6.93. The summed E-state index contributed by atoms with van der Waals surface area (Å²) in [5.74, 6) is 0. The fourth-order valence-corrected chi connectivity index (χ4v) is 2.33. The smallest absolute Gasteiger partial charge is 0.177 e. The molecule has 0 unspecified atom stereocenters. The topological polar surface area (TPSA) is 63.4 Å². The molecule has 0 aliphatic heterocycles. The Morgan fingerprint density at radius 2 is 1.93 bits per heavy atom. The van der Waals surface area contributed by atoms with E-state index in [0.29, 0.717) is 23.7 Å². The van der Waals surface area contributed by atoms with E-state index in [-0.39, 0.29) is 0 Å². The summed E-state index contributed by atoms with van der Waals surface area (Å²) >= 11 is 0. The van der Waals surface area contributed by atoms with Crippen molar-refractivity contribution in [3.8, 4) is 0 Å². The average molecular weight is 228 g/mol. The van der Waals surface area contributed by atoms with Crippen molar-refractivity contribution in [2.45, 2.75) is 4.90 Å². The molecule has 0 fully saturated rings. The summed E-state index contributed by atoms with van der Waals surface area (Å²) < 4.78 is 23.0. The third-order valence-electron chi connectivity index (χ3n) is 2.14. The molecule has 4 nitrogen and oxygen atoms in total. The van der Waals surface area contributed by atoms with Crippen LogP contribution in [-0.4, -0.2) is 34.8 Å². The van der Waals surface area contributed by atoms with Crippen LogP contribution in [0, 0.1) is 0 Å². The quantitative estimate of drug-likeness (QED) is 0.814. The summed E-state index contributed by atoms with van der Waals surface area (Å²) in [6.45, 7) is 1.13. The van der Waals surface area contributed by atoms with Gasteiger partial charge in [0.05, 0.1) is 10.6 Å². The molecule has 0 aromatic heterocycles. The first-order chi connectivity index (χ1) is 6.96. The Morgan fingerprint density at radius 3 is 2.47 bits per heavy atom. The predicted octanol–water partition coefficient (Wildman–Crippen LogP) is 0.485. The van der Waals surface area contributed by atoms with Gasteiger partial charge in [0, 0.05) is 26.4 Å². The van der Waals surface area contributed by atoms with Gasteiger partial charge >= 0.3 is 0 Å². The summed E-state index contributed by atoms with van der Waals surface area (Å²) in [7, 11) is -1.35. The Labute approximate surface area is 90.6 Å². The molecule has 0 radical (unpaired) electrons. The molecule has 1 aromatic rings. The summed E-state index contributed by atoms with van der Waals surface area (Å²) in [5, 5.41) is 0. The van der Waals surface area contributed by atoms with E-state index in [9.17, 15) is 8.42 Å². The Bertz CT molecular complexity index is 429. The van der Waals surface area contributed by atoms with Gasteiger partial charge in [0.25, 0.3) is 0 Å². The highest BCUT2D eigenvalue weighted by Crippen LogP contribution is 2.23. The van der Waals surface area contributed by atoms with Crippen molar-refractivity contribution in [1.29, 1.82) is 0 Å². The first-order valence-electron chi connectivity index (χ1n) is 4.67. The van der Waals surface area contributed by atoms with Gasteiger partial charge in [-0.25, -0.2) is 8.42 Å². The molecule has 0 bridgehead atoms. The van der Waals surface area contributed by atoms with Crippen LogP contribution in [-0.2, 0) is 9.84 Å². The maximum atomic E-state index is 11.5. The number of para-hydroxylation sites is 1. The number of hydrogen-bond donors (Lipinski definition) is 1. The second kappa shape index (κ2) is 4.63.